The molecule has 1 saturated carbocycles. The van der Waals surface area contributed by atoms with Crippen LogP contribution in [0.4, 0.5) is 0 Å². The summed E-state index contributed by atoms with van der Waals surface area (Å²) in [5, 5.41) is 3.30. The summed E-state index contributed by atoms with van der Waals surface area (Å²) in [4.78, 5) is 0.404. The van der Waals surface area contributed by atoms with Gasteiger partial charge in [0.2, 0.25) is 10.0 Å². The van der Waals surface area contributed by atoms with E-state index in [1.54, 1.807) is 6.07 Å². The minimum atomic E-state index is -3.38. The van der Waals surface area contributed by atoms with Crippen LogP contribution >= 0.6 is 0 Å². The number of benzene rings is 1. The lowest BCUT2D eigenvalue weighted by Gasteiger charge is -2.12. The lowest BCUT2D eigenvalue weighted by Crippen LogP contribution is -2.27. The normalized spacial score (nSPS) is 15.8. The van der Waals surface area contributed by atoms with Crippen LogP contribution in [0.15, 0.2) is 23.1 Å². The molecular formula is C15H24N2O2S. The fourth-order valence-electron chi connectivity index (χ4n) is 1.99. The number of hydrogen-bond donors (Lipinski definition) is 2. The zero-order valence-corrected chi connectivity index (χ0v) is 13.3. The highest BCUT2D eigenvalue weighted by atomic mass is 32.2. The maximum atomic E-state index is 12.3. The van der Waals surface area contributed by atoms with E-state index in [1.165, 1.54) is 0 Å². The van der Waals surface area contributed by atoms with Gasteiger partial charge in [-0.3, -0.25) is 0 Å². The molecule has 112 valence electrons. The Morgan fingerprint density at radius 1 is 1.30 bits per heavy atom. The van der Waals surface area contributed by atoms with Gasteiger partial charge in [-0.15, -0.1) is 0 Å². The third kappa shape index (κ3) is 4.30. The highest BCUT2D eigenvalue weighted by Gasteiger charge is 2.25. The van der Waals surface area contributed by atoms with Crippen LogP contribution in [-0.4, -0.2) is 21.0 Å². The number of hydrogen-bond acceptors (Lipinski definition) is 3. The molecule has 2 rings (SSSR count). The number of sulfonamides is 1. The molecule has 0 atom stereocenters. The van der Waals surface area contributed by atoms with Gasteiger partial charge in [-0.2, -0.15) is 0 Å². The maximum absolute atomic E-state index is 12.3. The molecular weight excluding hydrogens is 272 g/mol. The molecule has 4 nitrogen and oxygen atoms in total. The van der Waals surface area contributed by atoms with E-state index in [1.807, 2.05) is 19.1 Å². The Morgan fingerprint density at radius 2 is 2.00 bits per heavy atom. The van der Waals surface area contributed by atoms with Crippen molar-refractivity contribution >= 4 is 10.0 Å². The third-order valence-corrected chi connectivity index (χ3v) is 5.08. The van der Waals surface area contributed by atoms with Crippen LogP contribution in [0, 0.1) is 12.8 Å². The average Bonchev–Trinajstić information content (AvgIpc) is 3.19. The first kappa shape index (κ1) is 15.5. The molecule has 0 aromatic heterocycles. The van der Waals surface area contributed by atoms with Gasteiger partial charge in [0.25, 0.3) is 0 Å². The van der Waals surface area contributed by atoms with Crippen molar-refractivity contribution in [2.24, 2.45) is 5.92 Å². The van der Waals surface area contributed by atoms with Gasteiger partial charge in [0.15, 0.2) is 0 Å². The SMILES string of the molecule is Cc1ccc(CNC(C)C)cc1S(=O)(=O)NCC1CC1. The molecule has 0 aliphatic heterocycles. The molecule has 1 aromatic rings. The lowest BCUT2D eigenvalue weighted by molar-refractivity contribution is 0.575. The lowest BCUT2D eigenvalue weighted by atomic mass is 10.1. The van der Waals surface area contributed by atoms with Gasteiger partial charge in [0.05, 0.1) is 4.90 Å². The standard InChI is InChI=1S/C15H24N2O2S/c1-11(2)16-9-14-5-4-12(3)15(8-14)20(18,19)17-10-13-6-7-13/h4-5,8,11,13,16-17H,6-7,9-10H2,1-3H3. The van der Waals surface area contributed by atoms with Gasteiger partial charge in [0, 0.05) is 19.1 Å². The number of aryl methyl sites for hydroxylation is 1. The zero-order valence-electron chi connectivity index (χ0n) is 12.4. The molecule has 20 heavy (non-hydrogen) atoms. The van der Waals surface area contributed by atoms with E-state index in [4.69, 9.17) is 0 Å². The Morgan fingerprint density at radius 3 is 2.60 bits per heavy atom. The summed E-state index contributed by atoms with van der Waals surface area (Å²) in [7, 11) is -3.38. The molecule has 0 spiro atoms. The first-order valence-electron chi connectivity index (χ1n) is 7.21. The van der Waals surface area contributed by atoms with Gasteiger partial charge < -0.3 is 5.32 Å². The summed E-state index contributed by atoms with van der Waals surface area (Å²) in [5.41, 5.74) is 1.79. The molecule has 1 aliphatic rings. The topological polar surface area (TPSA) is 58.2 Å². The molecule has 0 radical (unpaired) electrons. The molecule has 0 amide bonds. The number of rotatable bonds is 7. The van der Waals surface area contributed by atoms with E-state index in [9.17, 15) is 8.42 Å². The fraction of sp³-hybridized carbons (Fsp3) is 0.600. The van der Waals surface area contributed by atoms with Crippen molar-refractivity contribution in [2.75, 3.05) is 6.54 Å². The van der Waals surface area contributed by atoms with Crippen LogP contribution in [0.5, 0.6) is 0 Å². The third-order valence-electron chi connectivity index (χ3n) is 3.52. The molecule has 1 fully saturated rings. The Kier molecular flexibility index (Phi) is 4.83. The minimum Gasteiger partial charge on any atom is -0.310 e. The predicted molar refractivity (Wildman–Crippen MR) is 81.1 cm³/mol. The van der Waals surface area contributed by atoms with Crippen LogP contribution in [-0.2, 0) is 16.6 Å². The van der Waals surface area contributed by atoms with Crippen molar-refractivity contribution in [3.05, 3.63) is 29.3 Å². The summed E-state index contributed by atoms with van der Waals surface area (Å²) < 4.78 is 27.4. The van der Waals surface area contributed by atoms with Gasteiger partial charge in [-0.25, -0.2) is 13.1 Å². The monoisotopic (exact) mass is 296 g/mol. The molecule has 5 heteroatoms. The highest BCUT2D eigenvalue weighted by molar-refractivity contribution is 7.89. The Bertz CT molecular complexity index is 563. The first-order valence-corrected chi connectivity index (χ1v) is 8.69. The summed E-state index contributed by atoms with van der Waals surface area (Å²) in [6.45, 7) is 7.23. The van der Waals surface area contributed by atoms with Crippen molar-refractivity contribution in [3.63, 3.8) is 0 Å². The van der Waals surface area contributed by atoms with Gasteiger partial charge >= 0.3 is 0 Å². The van der Waals surface area contributed by atoms with Gasteiger partial charge in [-0.05, 0) is 42.9 Å². The molecule has 0 heterocycles. The minimum absolute atomic E-state index is 0.379. The van der Waals surface area contributed by atoms with E-state index < -0.39 is 10.0 Å². The zero-order chi connectivity index (χ0) is 14.8. The quantitative estimate of drug-likeness (QED) is 0.811. The van der Waals surface area contributed by atoms with E-state index in [2.05, 4.69) is 23.9 Å². The van der Waals surface area contributed by atoms with Gasteiger partial charge in [-0.1, -0.05) is 26.0 Å². The molecule has 0 saturated heterocycles. The van der Waals surface area contributed by atoms with E-state index in [0.717, 1.165) is 24.0 Å². The summed E-state index contributed by atoms with van der Waals surface area (Å²) in [6.07, 6.45) is 2.28. The first-order chi connectivity index (χ1) is 9.38. The smallest absolute Gasteiger partial charge is 0.240 e. The molecule has 0 unspecified atom stereocenters. The molecule has 1 aliphatic carbocycles. The maximum Gasteiger partial charge on any atom is 0.240 e. The van der Waals surface area contributed by atoms with E-state index in [-0.39, 0.29) is 0 Å². The van der Waals surface area contributed by atoms with Crippen LogP contribution in [0.25, 0.3) is 0 Å². The second-order valence-corrected chi connectivity index (χ2v) is 7.67. The Balaban J connectivity index is 2.13. The van der Waals surface area contributed by atoms with Crippen molar-refractivity contribution in [2.45, 2.75) is 51.1 Å². The predicted octanol–water partition coefficient (Wildman–Crippen LogP) is 2.18. The summed E-state index contributed by atoms with van der Waals surface area (Å²) >= 11 is 0. The van der Waals surface area contributed by atoms with Crippen molar-refractivity contribution in [3.8, 4) is 0 Å². The molecule has 0 bridgehead atoms. The van der Waals surface area contributed by atoms with Crippen molar-refractivity contribution in [1.82, 2.24) is 10.0 Å². The van der Waals surface area contributed by atoms with Crippen molar-refractivity contribution in [1.29, 1.82) is 0 Å². The summed E-state index contributed by atoms with van der Waals surface area (Å²) in [6, 6.07) is 6.01. The molecule has 2 N–H and O–H groups in total. The second-order valence-electron chi connectivity index (χ2n) is 5.93. The van der Waals surface area contributed by atoms with Crippen LogP contribution in [0.2, 0.25) is 0 Å². The molecule has 1 aromatic carbocycles. The number of nitrogens with one attached hydrogen (secondary N) is 2. The summed E-state index contributed by atoms with van der Waals surface area (Å²) in [5.74, 6) is 0.538. The second kappa shape index (κ2) is 6.24. The fourth-order valence-corrected chi connectivity index (χ4v) is 3.40. The average molecular weight is 296 g/mol. The van der Waals surface area contributed by atoms with Crippen LogP contribution in [0.3, 0.4) is 0 Å². The van der Waals surface area contributed by atoms with Crippen LogP contribution in [0.1, 0.15) is 37.8 Å². The highest BCUT2D eigenvalue weighted by Crippen LogP contribution is 2.28. The Labute approximate surface area is 122 Å². The van der Waals surface area contributed by atoms with Gasteiger partial charge in [0.1, 0.15) is 0 Å². The van der Waals surface area contributed by atoms with Crippen molar-refractivity contribution < 1.29 is 8.42 Å². The van der Waals surface area contributed by atoms with Crippen LogP contribution < -0.4 is 10.0 Å². The van der Waals surface area contributed by atoms with E-state index in [0.29, 0.717) is 29.9 Å². The largest absolute Gasteiger partial charge is 0.310 e. The Hall–Kier alpha value is -0.910. The van der Waals surface area contributed by atoms with E-state index >= 15 is 0 Å².